The second kappa shape index (κ2) is 72.1. The Bertz CT molecular complexity index is 10.9. The second-order valence-corrected chi connectivity index (χ2v) is 0. The Balaban J connectivity index is 0. The van der Waals surface area contributed by atoms with Crippen LogP contribution in [0, 0.1) is 0 Å². The predicted molar refractivity (Wildman–Crippen MR) is 20.6 cm³/mol. The van der Waals surface area contributed by atoms with Crippen molar-refractivity contribution in [1.82, 2.24) is 0 Å². The van der Waals surface area contributed by atoms with E-state index in [9.17, 15) is 0 Å². The first kappa shape index (κ1) is 103. The summed E-state index contributed by atoms with van der Waals surface area (Å²) in [6, 6.07) is 0. The molecule has 0 saturated heterocycles. The van der Waals surface area contributed by atoms with Gasteiger partial charge in [-0.2, -0.15) is 0 Å². The van der Waals surface area contributed by atoms with Crippen LogP contribution in [0.15, 0.2) is 0 Å². The first-order valence-electron chi connectivity index (χ1n) is 0. The zero-order chi connectivity index (χ0) is 0. The number of hydrogen-bond acceptors (Lipinski definition) is 0. The maximum Gasteiger partial charge on any atom is 4.00 e. The minimum atomic E-state index is 0. The standard InChI is InChI=1S/2N.2P.3Ru/q4*-3;3*+4. The van der Waals surface area contributed by atoms with Crippen LogP contribution in [0.4, 0.5) is 0 Å². The van der Waals surface area contributed by atoms with Crippen molar-refractivity contribution >= 4 is 19.8 Å². The fraction of sp³-hybridized carbons (Fsp3) is 0. The summed E-state index contributed by atoms with van der Waals surface area (Å²) in [4.78, 5) is 0. The third-order valence-electron chi connectivity index (χ3n) is 0. The Morgan fingerprint density at radius 3 is 0.429 bits per heavy atom. The fourth-order valence-corrected chi connectivity index (χ4v) is 0. The van der Waals surface area contributed by atoms with Crippen molar-refractivity contribution in [2.24, 2.45) is 0 Å². The first-order chi connectivity index (χ1) is 0. The van der Waals surface area contributed by atoms with E-state index in [0.29, 0.717) is 0 Å². The third kappa shape index (κ3) is 54.5. The van der Waals surface area contributed by atoms with Crippen LogP contribution in [0.1, 0.15) is 0 Å². The Morgan fingerprint density at radius 1 is 0.429 bits per heavy atom. The molecule has 0 amide bonds. The van der Waals surface area contributed by atoms with Crippen LogP contribution in [0.5, 0.6) is 0 Å². The number of hydrogen-bond donors (Lipinski definition) is 0. The van der Waals surface area contributed by atoms with E-state index in [1.165, 1.54) is 0 Å². The van der Waals surface area contributed by atoms with Gasteiger partial charge in [-0.15, -0.1) is 0 Å². The third-order valence-corrected chi connectivity index (χ3v) is 0. The molecule has 0 aromatic rings. The number of nitrogens with zero attached hydrogens (tertiary/aromatic N) is 2. The van der Waals surface area contributed by atoms with Crippen LogP contribution in [0.2, 0.25) is 0 Å². The summed E-state index contributed by atoms with van der Waals surface area (Å²) in [6.07, 6.45) is 0. The van der Waals surface area contributed by atoms with Gasteiger partial charge in [-0.05, 0) is 0 Å². The largest absolute Gasteiger partial charge is 4.00 e. The molecule has 0 heterocycles. The SMILES string of the molecule is [N-3].[N-3].[P-3].[P-3].[Ru+4].[Ru+4].[Ru+4]. The minimum Gasteiger partial charge on any atom is -3.00 e. The quantitative estimate of drug-likeness (QED) is 0.448. The molecule has 0 fully saturated rings. The zero-order valence-corrected chi connectivity index (χ0v) is 9.85. The maximum atomic E-state index is 0. The van der Waals surface area contributed by atoms with E-state index in [1.54, 1.807) is 0 Å². The summed E-state index contributed by atoms with van der Waals surface area (Å²) in [6.45, 7) is 0. The van der Waals surface area contributed by atoms with Gasteiger partial charge in [-0.1, -0.05) is 0 Å². The topological polar surface area (TPSA) is 61.0 Å². The molecule has 0 rings (SSSR count). The van der Waals surface area contributed by atoms with E-state index in [0.717, 1.165) is 0 Å². The fourth-order valence-electron chi connectivity index (χ4n) is 0. The summed E-state index contributed by atoms with van der Waals surface area (Å²) in [5.74, 6) is 0. The number of rotatable bonds is 0. The first-order valence-corrected chi connectivity index (χ1v) is 0. The van der Waals surface area contributed by atoms with E-state index in [2.05, 4.69) is 0 Å². The Morgan fingerprint density at radius 2 is 0.429 bits per heavy atom. The van der Waals surface area contributed by atoms with Crippen molar-refractivity contribution in [2.75, 3.05) is 0 Å². The molecule has 0 aromatic heterocycles. The van der Waals surface area contributed by atoms with Gasteiger partial charge in [0.15, 0.2) is 0 Å². The van der Waals surface area contributed by atoms with Crippen molar-refractivity contribution in [3.63, 3.8) is 0 Å². The van der Waals surface area contributed by atoms with Crippen molar-refractivity contribution in [2.45, 2.75) is 0 Å². The summed E-state index contributed by atoms with van der Waals surface area (Å²) in [5, 5.41) is 0. The van der Waals surface area contributed by atoms with E-state index in [-0.39, 0.29) is 90.5 Å². The molecule has 0 aliphatic heterocycles. The summed E-state index contributed by atoms with van der Waals surface area (Å²) >= 11 is 0. The van der Waals surface area contributed by atoms with Crippen molar-refractivity contribution < 1.29 is 58.4 Å². The van der Waals surface area contributed by atoms with Crippen LogP contribution in [-0.2, 0) is 58.4 Å². The van der Waals surface area contributed by atoms with Gasteiger partial charge in [0.05, 0.1) is 0 Å². The van der Waals surface area contributed by atoms with Gasteiger partial charge >= 0.3 is 58.4 Å². The molecule has 0 N–H and O–H groups in total. The van der Waals surface area contributed by atoms with E-state index in [1.807, 2.05) is 0 Å². The average Bonchev–Trinajstić information content (AvgIpc) is 0. The minimum absolute atomic E-state index is 0. The molecule has 7 heteroatoms. The van der Waals surface area contributed by atoms with E-state index < -0.39 is 0 Å². The normalized spacial score (nSPS) is 0. The molecule has 0 unspecified atom stereocenters. The van der Waals surface area contributed by atoms with E-state index >= 15 is 0 Å². The summed E-state index contributed by atoms with van der Waals surface area (Å²) < 4.78 is 0. The van der Waals surface area contributed by atoms with Gasteiger partial charge in [0.2, 0.25) is 0 Å². The van der Waals surface area contributed by atoms with Crippen molar-refractivity contribution in [1.29, 1.82) is 0 Å². The summed E-state index contributed by atoms with van der Waals surface area (Å²) in [5.41, 5.74) is 0. The van der Waals surface area contributed by atoms with Gasteiger partial charge in [0, 0.05) is 0 Å². The van der Waals surface area contributed by atoms with Crippen LogP contribution < -0.4 is 0 Å². The Hall–Kier alpha value is 2.65. The van der Waals surface area contributed by atoms with E-state index in [4.69, 9.17) is 0 Å². The second-order valence-electron chi connectivity index (χ2n) is 0. The monoisotopic (exact) mass is 396 g/mol. The Labute approximate surface area is 89.8 Å². The molecular formula is N2P2Ru3. The average molecular weight is 393 g/mol. The Kier molecular flexibility index (Phi) is 1060. The molecule has 0 saturated carbocycles. The molecule has 0 aliphatic carbocycles. The molecule has 0 radical (unpaired) electrons. The van der Waals surface area contributed by atoms with Gasteiger partial charge in [0.1, 0.15) is 0 Å². The van der Waals surface area contributed by atoms with Crippen LogP contribution in [0.25, 0.3) is 12.3 Å². The van der Waals surface area contributed by atoms with Crippen LogP contribution in [-0.4, -0.2) is 0 Å². The molecule has 44 valence electrons. The molecule has 0 spiro atoms. The van der Waals surface area contributed by atoms with Gasteiger partial charge in [-0.25, -0.2) is 0 Å². The molecule has 0 atom stereocenters. The van der Waals surface area contributed by atoms with Crippen molar-refractivity contribution in [3.8, 4) is 0 Å². The molecule has 0 aliphatic rings. The molecule has 7 heavy (non-hydrogen) atoms. The van der Waals surface area contributed by atoms with Crippen LogP contribution in [0.3, 0.4) is 0 Å². The molecule has 2 nitrogen and oxygen atoms in total. The molecule has 0 bridgehead atoms. The molecule has 0 aromatic carbocycles. The predicted octanol–water partition coefficient (Wildman–Crippen LogP) is 2.29. The smallest absolute Gasteiger partial charge is 3.00 e. The van der Waals surface area contributed by atoms with Crippen molar-refractivity contribution in [3.05, 3.63) is 12.3 Å². The maximum absolute atomic E-state index is 0. The van der Waals surface area contributed by atoms with Gasteiger partial charge in [-0.3, -0.25) is 0 Å². The van der Waals surface area contributed by atoms with Crippen LogP contribution >= 0.6 is 19.8 Å². The molecular weight excluding hydrogens is 393 g/mol. The summed E-state index contributed by atoms with van der Waals surface area (Å²) in [7, 11) is 0. The van der Waals surface area contributed by atoms with Gasteiger partial charge in [0.25, 0.3) is 0 Å². The van der Waals surface area contributed by atoms with Gasteiger partial charge < -0.3 is 32.1 Å². The zero-order valence-electron chi connectivity index (χ0n) is 2.85.